The summed E-state index contributed by atoms with van der Waals surface area (Å²) in [7, 11) is 0. The topological polar surface area (TPSA) is 112 Å². The molecule has 3 N–H and O–H groups in total. The molecule has 1 aromatic heterocycles. The van der Waals surface area contributed by atoms with E-state index in [1.807, 2.05) is 47.9 Å². The second-order valence-electron chi connectivity index (χ2n) is 6.19. The molecule has 0 aliphatic carbocycles. The molecule has 1 heterocycles. The minimum Gasteiger partial charge on any atom is -0.494 e. The Morgan fingerprint density at radius 3 is 2.60 bits per heavy atom. The van der Waals surface area contributed by atoms with Gasteiger partial charge in [-0.2, -0.15) is 0 Å². The largest absolute Gasteiger partial charge is 0.494 e. The zero-order valence-electron chi connectivity index (χ0n) is 16.3. The maximum absolute atomic E-state index is 12.1. The van der Waals surface area contributed by atoms with Crippen LogP contribution >= 0.6 is 23.4 Å². The Kier molecular flexibility index (Phi) is 6.96. The summed E-state index contributed by atoms with van der Waals surface area (Å²) in [5.74, 6) is 0.784. The number of primary amides is 1. The summed E-state index contributed by atoms with van der Waals surface area (Å²) in [5, 5.41) is 11.1. The van der Waals surface area contributed by atoms with Crippen LogP contribution < -0.4 is 15.8 Å². The quantitative estimate of drug-likeness (QED) is 0.536. The monoisotopic (exact) mass is 445 g/mol. The van der Waals surface area contributed by atoms with E-state index in [1.165, 1.54) is 0 Å². The van der Waals surface area contributed by atoms with E-state index in [9.17, 15) is 9.59 Å². The van der Waals surface area contributed by atoms with Gasteiger partial charge in [-0.05, 0) is 50.2 Å². The van der Waals surface area contributed by atoms with Crippen LogP contribution in [0.4, 0.5) is 4.79 Å². The molecule has 0 fully saturated rings. The van der Waals surface area contributed by atoms with Gasteiger partial charge in [0.1, 0.15) is 5.75 Å². The van der Waals surface area contributed by atoms with Gasteiger partial charge in [0.2, 0.25) is 5.91 Å². The van der Waals surface area contributed by atoms with E-state index in [-0.39, 0.29) is 0 Å². The lowest BCUT2D eigenvalue weighted by atomic mass is 10.2. The highest BCUT2D eigenvalue weighted by molar-refractivity contribution is 8.00. The Hall–Kier alpha value is -3.04. The average molecular weight is 446 g/mol. The number of nitrogens with zero attached hydrogens (tertiary/aromatic N) is 3. The van der Waals surface area contributed by atoms with Crippen molar-refractivity contribution in [3.63, 3.8) is 0 Å². The molecule has 3 amide bonds. The van der Waals surface area contributed by atoms with Crippen molar-refractivity contribution in [2.24, 2.45) is 5.73 Å². The van der Waals surface area contributed by atoms with Crippen molar-refractivity contribution in [3.05, 3.63) is 53.6 Å². The molecule has 3 rings (SSSR count). The van der Waals surface area contributed by atoms with Gasteiger partial charge >= 0.3 is 6.03 Å². The molecule has 0 radical (unpaired) electrons. The minimum absolute atomic E-state index is 0.473. The predicted molar refractivity (Wildman–Crippen MR) is 116 cm³/mol. The van der Waals surface area contributed by atoms with E-state index in [1.54, 1.807) is 19.1 Å². The van der Waals surface area contributed by atoms with Gasteiger partial charge in [0.05, 0.1) is 11.9 Å². The van der Waals surface area contributed by atoms with Crippen molar-refractivity contribution in [1.82, 2.24) is 20.1 Å². The number of halogens is 1. The van der Waals surface area contributed by atoms with Crippen LogP contribution in [0.3, 0.4) is 0 Å². The molecule has 1 unspecified atom stereocenters. The van der Waals surface area contributed by atoms with Gasteiger partial charge in [0.15, 0.2) is 11.0 Å². The Morgan fingerprint density at radius 1 is 1.23 bits per heavy atom. The highest BCUT2D eigenvalue weighted by atomic mass is 35.5. The highest BCUT2D eigenvalue weighted by Crippen LogP contribution is 2.31. The van der Waals surface area contributed by atoms with Crippen LogP contribution in [0.5, 0.6) is 5.75 Å². The Labute approximate surface area is 182 Å². The number of nitrogens with one attached hydrogen (secondary N) is 1. The van der Waals surface area contributed by atoms with E-state index >= 15 is 0 Å². The van der Waals surface area contributed by atoms with E-state index in [0.29, 0.717) is 22.6 Å². The number of rotatable bonds is 7. The van der Waals surface area contributed by atoms with Crippen molar-refractivity contribution in [2.75, 3.05) is 6.61 Å². The fraction of sp³-hybridized carbons (Fsp3) is 0.200. The molecule has 1 atom stereocenters. The zero-order valence-corrected chi connectivity index (χ0v) is 17.9. The third-order valence-corrected chi connectivity index (χ3v) is 5.30. The maximum atomic E-state index is 12.1. The third kappa shape index (κ3) is 5.11. The van der Waals surface area contributed by atoms with Crippen LogP contribution in [0.1, 0.15) is 13.8 Å². The van der Waals surface area contributed by atoms with Crippen molar-refractivity contribution in [1.29, 1.82) is 0 Å². The average Bonchev–Trinajstić information content (AvgIpc) is 3.12. The van der Waals surface area contributed by atoms with Crippen LogP contribution in [0.25, 0.3) is 17.1 Å². The third-order valence-electron chi connectivity index (χ3n) is 4.02. The van der Waals surface area contributed by atoms with Gasteiger partial charge in [-0.1, -0.05) is 35.5 Å². The summed E-state index contributed by atoms with van der Waals surface area (Å²) in [6, 6.07) is 13.8. The lowest BCUT2D eigenvalue weighted by molar-refractivity contribution is -0.119. The Morgan fingerprint density at radius 2 is 1.97 bits per heavy atom. The molecule has 30 heavy (non-hydrogen) atoms. The predicted octanol–water partition coefficient (Wildman–Crippen LogP) is 3.66. The van der Waals surface area contributed by atoms with Crippen molar-refractivity contribution < 1.29 is 14.3 Å². The first-order valence-corrected chi connectivity index (χ1v) is 10.4. The molecule has 0 saturated heterocycles. The number of aromatic nitrogens is 3. The number of imide groups is 1. The van der Waals surface area contributed by atoms with Crippen LogP contribution in [0, 0.1) is 0 Å². The van der Waals surface area contributed by atoms with Crippen LogP contribution in [0.15, 0.2) is 53.7 Å². The molecule has 156 valence electrons. The van der Waals surface area contributed by atoms with Crippen LogP contribution in [-0.2, 0) is 4.79 Å². The molecule has 0 saturated carbocycles. The zero-order chi connectivity index (χ0) is 21.7. The lowest BCUT2D eigenvalue weighted by Crippen LogP contribution is -2.39. The smallest absolute Gasteiger partial charge is 0.318 e. The molecule has 3 aromatic rings. The Balaban J connectivity index is 2.02. The molecule has 2 aromatic carbocycles. The van der Waals surface area contributed by atoms with Gasteiger partial charge in [-0.3, -0.25) is 14.7 Å². The summed E-state index contributed by atoms with van der Waals surface area (Å²) in [4.78, 5) is 23.1. The molecule has 10 heteroatoms. The van der Waals surface area contributed by atoms with Crippen LogP contribution in [-0.4, -0.2) is 38.6 Å². The number of hydrogen-bond donors (Lipinski definition) is 2. The maximum Gasteiger partial charge on any atom is 0.318 e. The van der Waals surface area contributed by atoms with Gasteiger partial charge < -0.3 is 10.5 Å². The van der Waals surface area contributed by atoms with Crippen molar-refractivity contribution in [2.45, 2.75) is 24.3 Å². The van der Waals surface area contributed by atoms with Crippen molar-refractivity contribution in [3.8, 4) is 22.8 Å². The van der Waals surface area contributed by atoms with E-state index < -0.39 is 17.2 Å². The number of carbonyl (C=O) groups excluding carboxylic acids is 2. The first kappa shape index (κ1) is 21.7. The molecule has 0 aliphatic heterocycles. The molecule has 0 aliphatic rings. The number of hydrogen-bond acceptors (Lipinski definition) is 6. The first-order valence-electron chi connectivity index (χ1n) is 9.10. The molecule has 0 bridgehead atoms. The highest BCUT2D eigenvalue weighted by Gasteiger charge is 2.22. The second kappa shape index (κ2) is 9.64. The fourth-order valence-electron chi connectivity index (χ4n) is 2.69. The van der Waals surface area contributed by atoms with Gasteiger partial charge in [0, 0.05) is 16.3 Å². The normalized spacial score (nSPS) is 11.7. The van der Waals surface area contributed by atoms with Crippen molar-refractivity contribution >= 4 is 35.3 Å². The molecule has 8 nitrogen and oxygen atoms in total. The molecule has 0 spiro atoms. The molecular formula is C20H20ClN5O3S. The number of amides is 3. The van der Waals surface area contributed by atoms with E-state index in [4.69, 9.17) is 22.1 Å². The summed E-state index contributed by atoms with van der Waals surface area (Å²) in [6.45, 7) is 4.13. The second-order valence-corrected chi connectivity index (χ2v) is 7.94. The number of benzene rings is 2. The molecular weight excluding hydrogens is 426 g/mol. The summed E-state index contributed by atoms with van der Waals surface area (Å²) in [5.41, 5.74) is 6.59. The van der Waals surface area contributed by atoms with E-state index in [2.05, 4.69) is 15.5 Å². The Bertz CT molecular complexity index is 1050. The summed E-state index contributed by atoms with van der Waals surface area (Å²) < 4.78 is 7.33. The number of carbonyl (C=O) groups is 2. The SMILES string of the molecule is CCOc1ccc(-n2c(SC(C)C(=O)NC(N)=O)nnc2-c2cccc(Cl)c2)cc1. The van der Waals surface area contributed by atoms with Gasteiger partial charge in [0.25, 0.3) is 0 Å². The number of nitrogens with two attached hydrogens (primary N) is 1. The number of urea groups is 1. The summed E-state index contributed by atoms with van der Waals surface area (Å²) in [6.07, 6.45) is 0. The van der Waals surface area contributed by atoms with Crippen LogP contribution in [0.2, 0.25) is 5.02 Å². The standard InChI is InChI=1S/C20H20ClN5O3S/c1-3-29-16-9-7-15(8-10-16)26-17(13-5-4-6-14(21)11-13)24-25-20(26)30-12(2)18(27)23-19(22)28/h4-12H,3H2,1-2H3,(H3,22,23,27,28). The van der Waals surface area contributed by atoms with E-state index in [0.717, 1.165) is 28.8 Å². The first-order chi connectivity index (χ1) is 14.4. The summed E-state index contributed by atoms with van der Waals surface area (Å²) >= 11 is 7.31. The fourth-order valence-corrected chi connectivity index (χ4v) is 3.74. The van der Waals surface area contributed by atoms with Gasteiger partial charge in [-0.15, -0.1) is 10.2 Å². The number of ether oxygens (including phenoxy) is 1. The number of thioether (sulfide) groups is 1. The van der Waals surface area contributed by atoms with Gasteiger partial charge in [-0.25, -0.2) is 4.79 Å². The minimum atomic E-state index is -0.903. The lowest BCUT2D eigenvalue weighted by Gasteiger charge is -2.14.